The summed E-state index contributed by atoms with van der Waals surface area (Å²) >= 11 is 5.72. The molecule has 3 aromatic carbocycles. The lowest BCUT2D eigenvalue weighted by atomic mass is 9.93. The van der Waals surface area contributed by atoms with Crippen molar-refractivity contribution < 1.29 is 23.7 Å². The van der Waals surface area contributed by atoms with Crippen LogP contribution in [-0.4, -0.2) is 38.5 Å². The van der Waals surface area contributed by atoms with E-state index in [1.54, 1.807) is 45.0 Å². The van der Waals surface area contributed by atoms with Gasteiger partial charge in [-0.1, -0.05) is 47.7 Å². The third-order valence-corrected chi connectivity index (χ3v) is 9.03. The zero-order valence-electron chi connectivity index (χ0n) is 23.1. The number of hydrogen-bond donors (Lipinski definition) is 0. The van der Waals surface area contributed by atoms with Gasteiger partial charge in [0.05, 0.1) is 53.4 Å². The van der Waals surface area contributed by atoms with Crippen LogP contribution in [0.3, 0.4) is 0 Å². The number of carbonyl (C=O) groups is 1. The van der Waals surface area contributed by atoms with Gasteiger partial charge >= 0.3 is 5.97 Å². The summed E-state index contributed by atoms with van der Waals surface area (Å²) in [6, 6.07) is 17.9. The number of nitrogens with zero attached hydrogens (tertiary/aromatic N) is 2. The Kier molecular flexibility index (Phi) is 9.38. The zero-order chi connectivity index (χ0) is 30.0. The fourth-order valence-corrected chi connectivity index (χ4v) is 7.92. The van der Waals surface area contributed by atoms with Gasteiger partial charge in [-0.15, -0.1) is 0 Å². The first-order valence-corrected chi connectivity index (χ1v) is 15.8. The molecule has 0 aliphatic carbocycles. The largest absolute Gasteiger partial charge is 0.495 e. The van der Waals surface area contributed by atoms with E-state index >= 15 is 0 Å². The Morgan fingerprint density at radius 3 is 2.40 bits per heavy atom. The molecule has 0 unspecified atom stereocenters. The summed E-state index contributed by atoms with van der Waals surface area (Å²) in [5.41, 5.74) is 2.57. The van der Waals surface area contributed by atoms with Crippen molar-refractivity contribution in [2.75, 3.05) is 27.9 Å². The molecule has 0 saturated carbocycles. The van der Waals surface area contributed by atoms with Gasteiger partial charge in [0.25, 0.3) is 5.56 Å². The minimum absolute atomic E-state index is 0.165. The minimum Gasteiger partial charge on any atom is -0.495 e. The molecule has 0 spiro atoms. The van der Waals surface area contributed by atoms with Crippen molar-refractivity contribution >= 4 is 74.3 Å². The van der Waals surface area contributed by atoms with Crippen LogP contribution in [0.25, 0.3) is 11.8 Å². The highest BCUT2D eigenvalue weighted by Gasteiger charge is 2.35. The van der Waals surface area contributed by atoms with Crippen molar-refractivity contribution in [2.24, 2.45) is 4.99 Å². The molecule has 4 aromatic rings. The van der Waals surface area contributed by atoms with Crippen LogP contribution in [0.15, 0.2) is 76.0 Å². The Bertz CT molecular complexity index is 1880. The number of benzene rings is 3. The van der Waals surface area contributed by atoms with Crippen LogP contribution in [0.1, 0.15) is 29.7 Å². The first kappa shape index (κ1) is 30.3. The molecule has 1 aliphatic rings. The number of methoxy groups -OCH3 is 3. The summed E-state index contributed by atoms with van der Waals surface area (Å²) in [5, 5.41) is 0. The fourth-order valence-electron chi connectivity index (χ4n) is 4.82. The van der Waals surface area contributed by atoms with Gasteiger partial charge in [0.1, 0.15) is 5.75 Å². The van der Waals surface area contributed by atoms with E-state index in [0.29, 0.717) is 37.8 Å². The Labute approximate surface area is 273 Å². The van der Waals surface area contributed by atoms with Crippen molar-refractivity contribution in [3.63, 3.8) is 0 Å². The molecule has 0 amide bonds. The van der Waals surface area contributed by atoms with Gasteiger partial charge in [0.2, 0.25) is 0 Å². The Morgan fingerprint density at radius 1 is 1.00 bits per heavy atom. The number of rotatable bonds is 8. The number of aromatic nitrogens is 1. The molecule has 1 atom stereocenters. The Balaban J connectivity index is 1.86. The topological polar surface area (TPSA) is 88.4 Å². The van der Waals surface area contributed by atoms with E-state index in [1.165, 1.54) is 11.3 Å². The molecule has 2 heterocycles. The van der Waals surface area contributed by atoms with Crippen molar-refractivity contribution in [2.45, 2.75) is 13.0 Å². The second-order valence-corrected chi connectivity index (χ2v) is 12.5. The van der Waals surface area contributed by atoms with Gasteiger partial charge in [-0.25, -0.2) is 9.79 Å². The second kappa shape index (κ2) is 13.0. The molecule has 0 fully saturated rings. The molecule has 1 aromatic heterocycles. The van der Waals surface area contributed by atoms with Gasteiger partial charge in [-0.05, 0) is 88.0 Å². The van der Waals surface area contributed by atoms with Gasteiger partial charge < -0.3 is 18.9 Å². The number of carbonyl (C=O) groups excluding carboxylic acids is 1. The monoisotopic (exact) mass is 808 g/mol. The summed E-state index contributed by atoms with van der Waals surface area (Å²) in [7, 11) is 4.71. The standard InChI is InChI=1S/C31H26I2N2O6S/c1-5-41-30(37)25-26(17-9-7-6-8-10-17)34-31-35(27(25)18-11-12-22(38-2)23(14-18)39-3)29(36)24(42-31)15-19-13-20(32)16-21(33)28(19)40-4/h6-16,27H,5H2,1-4H3/b24-15-/t27-/m1/s1. The number of halogens is 2. The highest BCUT2D eigenvalue weighted by molar-refractivity contribution is 14.1. The van der Waals surface area contributed by atoms with E-state index in [2.05, 4.69) is 45.2 Å². The highest BCUT2D eigenvalue weighted by atomic mass is 127. The lowest BCUT2D eigenvalue weighted by Gasteiger charge is -2.26. The maximum atomic E-state index is 14.2. The van der Waals surface area contributed by atoms with Gasteiger partial charge in [-0.3, -0.25) is 9.36 Å². The van der Waals surface area contributed by atoms with Crippen LogP contribution in [0, 0.1) is 7.14 Å². The SMILES string of the molecule is CCOC(=O)C1=C(c2ccccc2)N=c2s/c(=C\c3cc(I)cc(I)c3OC)c(=O)n2[C@@H]1c1ccc(OC)c(OC)c1. The maximum Gasteiger partial charge on any atom is 0.338 e. The van der Waals surface area contributed by atoms with Crippen molar-refractivity contribution in [1.82, 2.24) is 4.57 Å². The second-order valence-electron chi connectivity index (χ2n) is 9.06. The minimum atomic E-state index is -0.838. The number of thiazole rings is 1. The molecule has 8 nitrogen and oxygen atoms in total. The van der Waals surface area contributed by atoms with Crippen LogP contribution in [0.5, 0.6) is 17.2 Å². The lowest BCUT2D eigenvalue weighted by Crippen LogP contribution is -2.40. The number of ether oxygens (including phenoxy) is 4. The van der Waals surface area contributed by atoms with Crippen molar-refractivity contribution in [1.29, 1.82) is 0 Å². The third-order valence-electron chi connectivity index (χ3n) is 6.62. The van der Waals surface area contributed by atoms with Crippen LogP contribution < -0.4 is 29.1 Å². The van der Waals surface area contributed by atoms with E-state index < -0.39 is 12.0 Å². The van der Waals surface area contributed by atoms with Crippen molar-refractivity contribution in [3.05, 3.63) is 110 Å². The Hall–Kier alpha value is -3.17. The average molecular weight is 808 g/mol. The predicted molar refractivity (Wildman–Crippen MR) is 179 cm³/mol. The summed E-state index contributed by atoms with van der Waals surface area (Å²) < 4.78 is 26.2. The van der Waals surface area contributed by atoms with Crippen LogP contribution in [0.4, 0.5) is 0 Å². The van der Waals surface area contributed by atoms with E-state index in [-0.39, 0.29) is 17.7 Å². The first-order chi connectivity index (χ1) is 20.3. The number of fused-ring (bicyclic) bond motifs is 1. The molecular weight excluding hydrogens is 782 g/mol. The molecule has 5 rings (SSSR count). The third kappa shape index (κ3) is 5.73. The summed E-state index contributed by atoms with van der Waals surface area (Å²) in [6.45, 7) is 1.91. The molecule has 216 valence electrons. The predicted octanol–water partition coefficient (Wildman–Crippen LogP) is 5.17. The van der Waals surface area contributed by atoms with E-state index in [4.69, 9.17) is 23.9 Å². The molecule has 42 heavy (non-hydrogen) atoms. The molecule has 0 saturated heterocycles. The lowest BCUT2D eigenvalue weighted by molar-refractivity contribution is -0.138. The Morgan fingerprint density at radius 2 is 1.74 bits per heavy atom. The molecule has 11 heteroatoms. The molecule has 0 bridgehead atoms. The van der Waals surface area contributed by atoms with E-state index in [1.807, 2.05) is 54.6 Å². The normalized spacial score (nSPS) is 14.7. The van der Waals surface area contributed by atoms with Crippen LogP contribution in [0.2, 0.25) is 0 Å². The molecule has 0 N–H and O–H groups in total. The number of hydrogen-bond acceptors (Lipinski definition) is 8. The van der Waals surface area contributed by atoms with E-state index in [0.717, 1.165) is 18.3 Å². The smallest absolute Gasteiger partial charge is 0.338 e. The summed E-state index contributed by atoms with van der Waals surface area (Å²) in [6.07, 6.45) is 1.81. The van der Waals surface area contributed by atoms with Gasteiger partial charge in [0, 0.05) is 14.7 Å². The van der Waals surface area contributed by atoms with E-state index in [9.17, 15) is 9.59 Å². The quantitative estimate of drug-likeness (QED) is 0.181. The summed E-state index contributed by atoms with van der Waals surface area (Å²) in [5.74, 6) is 1.12. The average Bonchev–Trinajstić information content (AvgIpc) is 3.30. The van der Waals surface area contributed by atoms with Crippen LogP contribution >= 0.6 is 56.5 Å². The number of esters is 1. The van der Waals surface area contributed by atoms with Crippen LogP contribution in [-0.2, 0) is 9.53 Å². The summed E-state index contributed by atoms with van der Waals surface area (Å²) in [4.78, 5) is 33.3. The molecule has 1 aliphatic heterocycles. The van der Waals surface area contributed by atoms with Crippen molar-refractivity contribution in [3.8, 4) is 17.2 Å². The van der Waals surface area contributed by atoms with Gasteiger partial charge in [0.15, 0.2) is 16.3 Å². The molecule has 0 radical (unpaired) electrons. The fraction of sp³-hybridized carbons (Fsp3) is 0.194. The first-order valence-electron chi connectivity index (χ1n) is 12.8. The molecular formula is C31H26I2N2O6S. The van der Waals surface area contributed by atoms with Gasteiger partial charge in [-0.2, -0.15) is 0 Å². The highest BCUT2D eigenvalue weighted by Crippen LogP contribution is 2.38. The maximum absolute atomic E-state index is 14.2. The zero-order valence-corrected chi connectivity index (χ0v) is 28.3.